The summed E-state index contributed by atoms with van der Waals surface area (Å²) in [7, 11) is 0. The molecule has 27 heteroatoms. The third-order valence-corrected chi connectivity index (χ3v) is 4.38. The Morgan fingerprint density at radius 3 is 1.33 bits per heavy atom. The van der Waals surface area contributed by atoms with E-state index in [1.54, 1.807) is 0 Å². The number of hydrogen-bond donors (Lipinski definition) is 1. The molecule has 0 amide bonds. The molecule has 0 bridgehead atoms. The van der Waals surface area contributed by atoms with Gasteiger partial charge in [0.15, 0.2) is 0 Å². The fourth-order valence-electron chi connectivity index (χ4n) is 2.18. The molecule has 0 heterocycles. The first-order valence-corrected chi connectivity index (χ1v) is 11.1. The van der Waals surface area contributed by atoms with Gasteiger partial charge >= 0.3 is 48.6 Å². The van der Waals surface area contributed by atoms with Crippen molar-refractivity contribution in [2.45, 2.75) is 87.0 Å². The van der Waals surface area contributed by atoms with E-state index in [0.717, 1.165) is 0 Å². The molecule has 0 aliphatic carbocycles. The van der Waals surface area contributed by atoms with E-state index >= 15 is 0 Å². The summed E-state index contributed by atoms with van der Waals surface area (Å²) in [6.45, 7) is -3.77. The summed E-state index contributed by atoms with van der Waals surface area (Å²) in [6, 6.07) is 0. The molecular formula is C18H19F20NO6. The molecule has 0 spiro atoms. The Bertz CT molecular complexity index is 898. The van der Waals surface area contributed by atoms with E-state index in [4.69, 9.17) is 10.5 Å². The summed E-state index contributed by atoms with van der Waals surface area (Å²) in [4.78, 5) is 0. The normalized spacial score (nSPS) is 17.7. The second-order valence-electron chi connectivity index (χ2n) is 8.22. The van der Waals surface area contributed by atoms with E-state index in [1.165, 1.54) is 6.92 Å². The molecule has 4 unspecified atom stereocenters. The van der Waals surface area contributed by atoms with E-state index in [1.807, 2.05) is 0 Å². The summed E-state index contributed by atoms with van der Waals surface area (Å²) < 4.78 is 279. The first-order valence-electron chi connectivity index (χ1n) is 11.1. The fraction of sp³-hybridized carbons (Fsp3) is 1.00. The molecular weight excluding hydrogens is 706 g/mol. The Balaban J connectivity index is 5.83. The Hall–Kier alpha value is -1.68. The third kappa shape index (κ3) is 11.8. The molecule has 0 radical (unpaired) electrons. The number of halogens is 20. The van der Waals surface area contributed by atoms with Crippen molar-refractivity contribution < 1.29 is 116 Å². The molecule has 0 rings (SSSR count). The van der Waals surface area contributed by atoms with Crippen molar-refractivity contribution in [3.05, 3.63) is 0 Å². The summed E-state index contributed by atoms with van der Waals surface area (Å²) in [6.07, 6.45) is -55.7. The minimum Gasteiger partial charge on any atom is -0.379 e. The highest BCUT2D eigenvalue weighted by Crippen LogP contribution is 2.50. The van der Waals surface area contributed by atoms with E-state index in [9.17, 15) is 87.8 Å². The first-order chi connectivity index (χ1) is 19.8. The van der Waals surface area contributed by atoms with Gasteiger partial charge in [0, 0.05) is 6.61 Å². The number of alkyl halides is 20. The number of rotatable bonds is 20. The predicted molar refractivity (Wildman–Crippen MR) is 99.6 cm³/mol. The van der Waals surface area contributed by atoms with Gasteiger partial charge in [-0.25, -0.2) is 8.78 Å². The molecule has 272 valence electrons. The summed E-state index contributed by atoms with van der Waals surface area (Å²) in [5, 5.41) is 0. The van der Waals surface area contributed by atoms with Crippen molar-refractivity contribution in [2.75, 3.05) is 26.4 Å². The van der Waals surface area contributed by atoms with Gasteiger partial charge in [-0.05, 0) is 13.3 Å². The second kappa shape index (κ2) is 15.0. The van der Waals surface area contributed by atoms with Crippen molar-refractivity contribution in [3.63, 3.8) is 0 Å². The smallest absolute Gasteiger partial charge is 0.379 e. The average Bonchev–Trinajstić information content (AvgIpc) is 2.81. The second-order valence-corrected chi connectivity index (χ2v) is 8.22. The van der Waals surface area contributed by atoms with Gasteiger partial charge in [0.25, 0.3) is 12.7 Å². The van der Waals surface area contributed by atoms with E-state index in [-0.39, 0.29) is 13.0 Å². The SMILES string of the molecule is CC(N)OCCCOCC(COC(F)(F)C(F)OC(F)(F)C(F)(F)C(F)(F)F)OC(F)(F)C(F)OC(F)(F)C(F)(F)C(F)(F)F. The van der Waals surface area contributed by atoms with Gasteiger partial charge in [-0.3, -0.25) is 9.47 Å². The van der Waals surface area contributed by atoms with Crippen LogP contribution in [-0.2, 0) is 28.4 Å². The van der Waals surface area contributed by atoms with Gasteiger partial charge in [-0.15, -0.1) is 0 Å². The molecule has 0 aromatic heterocycles. The standard InChI is InChI=1S/C18H19F20NO6/c1-7(39)41-4-2-3-40-5-8(43-12(23,24)10(20)45-18(37,38)14(27,28)16(32,33)34)6-42-11(21,22)9(19)44-17(35,36)13(25,26)15(29,30)31/h7-10H,2-6,39H2,1H3. The van der Waals surface area contributed by atoms with Gasteiger partial charge < -0.3 is 24.7 Å². The van der Waals surface area contributed by atoms with Crippen LogP contribution in [0.25, 0.3) is 0 Å². The molecule has 4 atom stereocenters. The van der Waals surface area contributed by atoms with Crippen LogP contribution in [0, 0.1) is 0 Å². The quantitative estimate of drug-likeness (QED) is 0.0872. The molecule has 0 aromatic rings. The summed E-state index contributed by atoms with van der Waals surface area (Å²) in [5.41, 5.74) is 5.19. The minimum atomic E-state index is -7.32. The van der Waals surface area contributed by atoms with Gasteiger partial charge in [0.1, 0.15) is 12.3 Å². The van der Waals surface area contributed by atoms with Crippen LogP contribution in [0.1, 0.15) is 13.3 Å². The third-order valence-electron chi connectivity index (χ3n) is 4.38. The summed E-state index contributed by atoms with van der Waals surface area (Å²) >= 11 is 0. The molecule has 2 N–H and O–H groups in total. The molecule has 0 aromatic carbocycles. The molecule has 45 heavy (non-hydrogen) atoms. The van der Waals surface area contributed by atoms with Crippen molar-refractivity contribution in [1.82, 2.24) is 0 Å². The molecule has 0 aliphatic heterocycles. The van der Waals surface area contributed by atoms with Crippen LogP contribution in [0.2, 0.25) is 0 Å². The zero-order valence-electron chi connectivity index (χ0n) is 21.4. The van der Waals surface area contributed by atoms with Gasteiger partial charge in [-0.1, -0.05) is 0 Å². The van der Waals surface area contributed by atoms with Crippen LogP contribution >= 0.6 is 0 Å². The predicted octanol–water partition coefficient (Wildman–Crippen LogP) is 6.51. The lowest BCUT2D eigenvalue weighted by atomic mass is 10.3. The Morgan fingerprint density at radius 2 is 0.956 bits per heavy atom. The zero-order valence-corrected chi connectivity index (χ0v) is 21.4. The lowest BCUT2D eigenvalue weighted by Gasteiger charge is -2.32. The molecule has 0 fully saturated rings. The van der Waals surface area contributed by atoms with Crippen LogP contribution in [0.5, 0.6) is 0 Å². The first kappa shape index (κ1) is 43.3. The van der Waals surface area contributed by atoms with Crippen molar-refractivity contribution in [3.8, 4) is 0 Å². The monoisotopic (exact) mass is 725 g/mol. The van der Waals surface area contributed by atoms with Crippen molar-refractivity contribution >= 4 is 0 Å². The number of nitrogens with two attached hydrogens (primary N) is 1. The number of ether oxygens (including phenoxy) is 6. The topological polar surface area (TPSA) is 81.4 Å². The highest BCUT2D eigenvalue weighted by Gasteiger charge is 2.77. The largest absolute Gasteiger partial charge is 0.462 e. The molecule has 0 saturated heterocycles. The Morgan fingerprint density at radius 1 is 0.556 bits per heavy atom. The van der Waals surface area contributed by atoms with E-state index < -0.39 is 93.5 Å². The Kier molecular flexibility index (Phi) is 14.5. The van der Waals surface area contributed by atoms with Gasteiger partial charge in [-0.2, -0.15) is 79.0 Å². The van der Waals surface area contributed by atoms with Crippen LogP contribution in [0.3, 0.4) is 0 Å². The summed E-state index contributed by atoms with van der Waals surface area (Å²) in [5.74, 6) is -14.6. The van der Waals surface area contributed by atoms with Gasteiger partial charge in [0.05, 0.1) is 19.8 Å². The van der Waals surface area contributed by atoms with Crippen LogP contribution in [0.4, 0.5) is 87.8 Å². The Labute approximate surface area is 236 Å². The highest BCUT2D eigenvalue weighted by atomic mass is 19.4. The average molecular weight is 725 g/mol. The van der Waals surface area contributed by atoms with E-state index in [0.29, 0.717) is 0 Å². The van der Waals surface area contributed by atoms with Crippen LogP contribution < -0.4 is 5.73 Å². The maximum atomic E-state index is 13.9. The van der Waals surface area contributed by atoms with Crippen molar-refractivity contribution in [1.29, 1.82) is 0 Å². The molecule has 0 saturated carbocycles. The fourth-order valence-corrected chi connectivity index (χ4v) is 2.18. The van der Waals surface area contributed by atoms with Gasteiger partial charge in [0.2, 0.25) is 0 Å². The maximum absolute atomic E-state index is 13.9. The highest BCUT2D eigenvalue weighted by molar-refractivity contribution is 4.87. The lowest BCUT2D eigenvalue weighted by molar-refractivity contribution is -0.472. The van der Waals surface area contributed by atoms with Crippen LogP contribution in [0.15, 0.2) is 0 Å². The lowest BCUT2D eigenvalue weighted by Crippen LogP contribution is -2.56. The van der Waals surface area contributed by atoms with Crippen molar-refractivity contribution in [2.24, 2.45) is 5.73 Å². The number of hydrogen-bond acceptors (Lipinski definition) is 7. The zero-order chi connectivity index (χ0) is 36.1. The minimum absolute atomic E-state index is 0.252. The maximum Gasteiger partial charge on any atom is 0.462 e. The molecule has 7 nitrogen and oxygen atoms in total. The van der Waals surface area contributed by atoms with Crippen LogP contribution in [-0.4, -0.2) is 100 Å². The van der Waals surface area contributed by atoms with E-state index in [2.05, 4.69) is 23.7 Å². The molecule has 0 aliphatic rings.